The zero-order valence-corrected chi connectivity index (χ0v) is 7.45. The van der Waals surface area contributed by atoms with Crippen LogP contribution in [0.3, 0.4) is 0 Å². The summed E-state index contributed by atoms with van der Waals surface area (Å²) in [5.74, 6) is 0. The summed E-state index contributed by atoms with van der Waals surface area (Å²) in [6.45, 7) is 0. The first-order valence-corrected chi connectivity index (χ1v) is 4.38. The van der Waals surface area contributed by atoms with E-state index in [0.717, 1.165) is 0 Å². The first-order valence-electron chi connectivity index (χ1n) is 3.12. The maximum atomic E-state index is 12.2. The average Bonchev–Trinajstić information content (AvgIpc) is 2.37. The van der Waals surface area contributed by atoms with Gasteiger partial charge < -0.3 is 5.11 Å². The van der Waals surface area contributed by atoms with E-state index < -0.39 is 11.5 Å². The van der Waals surface area contributed by atoms with Crippen molar-refractivity contribution in [3.05, 3.63) is 16.6 Å². The van der Waals surface area contributed by atoms with Gasteiger partial charge in [0, 0.05) is 17.5 Å². The molecule has 1 rings (SSSR count). The lowest BCUT2D eigenvalue weighted by Gasteiger charge is -2.14. The summed E-state index contributed by atoms with van der Waals surface area (Å²) < 4.78 is 24.4. The first-order chi connectivity index (χ1) is 5.50. The van der Waals surface area contributed by atoms with Crippen molar-refractivity contribution >= 4 is 22.9 Å². The quantitative estimate of drug-likeness (QED) is 0.778. The SMILES string of the molecule is OC(Cc1cncs1)C(F)(F)Cl. The number of hydrogen-bond donors (Lipinski definition) is 1. The summed E-state index contributed by atoms with van der Waals surface area (Å²) in [6, 6.07) is 0. The second-order valence-electron chi connectivity index (χ2n) is 2.23. The predicted octanol–water partition coefficient (Wildman–Crippen LogP) is 1.88. The number of aromatic nitrogens is 1. The number of nitrogens with zero attached hydrogens (tertiary/aromatic N) is 1. The van der Waals surface area contributed by atoms with Gasteiger partial charge in [0.2, 0.25) is 0 Å². The molecule has 1 heterocycles. The van der Waals surface area contributed by atoms with Crippen LogP contribution in [-0.4, -0.2) is 21.6 Å². The Balaban J connectivity index is 2.53. The van der Waals surface area contributed by atoms with Crippen molar-refractivity contribution < 1.29 is 13.9 Å². The lowest BCUT2D eigenvalue weighted by atomic mass is 10.2. The third-order valence-electron chi connectivity index (χ3n) is 1.26. The minimum atomic E-state index is -3.57. The lowest BCUT2D eigenvalue weighted by Crippen LogP contribution is -2.29. The molecule has 0 aliphatic rings. The summed E-state index contributed by atoms with van der Waals surface area (Å²) in [5.41, 5.74) is 1.51. The molecule has 0 saturated heterocycles. The van der Waals surface area contributed by atoms with Gasteiger partial charge in [-0.1, -0.05) is 0 Å². The van der Waals surface area contributed by atoms with Gasteiger partial charge in [-0.3, -0.25) is 4.98 Å². The highest BCUT2D eigenvalue weighted by molar-refractivity contribution is 7.09. The van der Waals surface area contributed by atoms with Crippen LogP contribution >= 0.6 is 22.9 Å². The first kappa shape index (κ1) is 9.83. The fourth-order valence-electron chi connectivity index (χ4n) is 0.649. The molecule has 12 heavy (non-hydrogen) atoms. The Bertz CT molecular complexity index is 236. The van der Waals surface area contributed by atoms with Gasteiger partial charge in [-0.15, -0.1) is 11.3 Å². The smallest absolute Gasteiger partial charge is 0.347 e. The topological polar surface area (TPSA) is 33.1 Å². The summed E-state index contributed by atoms with van der Waals surface area (Å²) in [6.07, 6.45) is -0.586. The molecule has 0 bridgehead atoms. The molecule has 1 aromatic heterocycles. The van der Waals surface area contributed by atoms with Gasteiger partial charge in [0.25, 0.3) is 0 Å². The number of aliphatic hydroxyl groups excluding tert-OH is 1. The number of rotatable bonds is 3. The van der Waals surface area contributed by atoms with Crippen molar-refractivity contribution in [1.29, 1.82) is 0 Å². The molecule has 0 amide bonds. The van der Waals surface area contributed by atoms with Crippen molar-refractivity contribution in [2.24, 2.45) is 0 Å². The molecule has 1 unspecified atom stereocenters. The van der Waals surface area contributed by atoms with Crippen molar-refractivity contribution in [3.8, 4) is 0 Å². The number of halogens is 3. The molecular weight excluding hydrogens is 208 g/mol. The molecule has 68 valence electrons. The molecule has 1 aromatic rings. The molecule has 0 fully saturated rings. The Morgan fingerprint density at radius 2 is 2.42 bits per heavy atom. The van der Waals surface area contributed by atoms with E-state index in [-0.39, 0.29) is 6.42 Å². The Kier molecular flexibility index (Phi) is 2.98. The van der Waals surface area contributed by atoms with Crippen LogP contribution in [0.1, 0.15) is 4.88 Å². The van der Waals surface area contributed by atoms with Gasteiger partial charge >= 0.3 is 5.38 Å². The number of alkyl halides is 3. The highest BCUT2D eigenvalue weighted by Gasteiger charge is 2.35. The van der Waals surface area contributed by atoms with Crippen LogP contribution in [0.4, 0.5) is 8.78 Å². The molecule has 0 radical (unpaired) electrons. The van der Waals surface area contributed by atoms with Gasteiger partial charge in [0.15, 0.2) is 0 Å². The van der Waals surface area contributed by atoms with Crippen molar-refractivity contribution in [1.82, 2.24) is 4.98 Å². The highest BCUT2D eigenvalue weighted by atomic mass is 35.5. The van der Waals surface area contributed by atoms with Gasteiger partial charge in [-0.2, -0.15) is 8.78 Å². The maximum Gasteiger partial charge on any atom is 0.347 e. The molecule has 1 atom stereocenters. The third-order valence-corrected chi connectivity index (χ3v) is 2.31. The fourth-order valence-corrected chi connectivity index (χ4v) is 1.36. The molecule has 1 N–H and O–H groups in total. The summed E-state index contributed by atoms with van der Waals surface area (Å²) in [4.78, 5) is 4.26. The Morgan fingerprint density at radius 1 is 1.75 bits per heavy atom. The number of thiazole rings is 1. The van der Waals surface area contributed by atoms with Crippen LogP contribution in [0, 0.1) is 0 Å². The highest BCUT2D eigenvalue weighted by Crippen LogP contribution is 2.26. The van der Waals surface area contributed by atoms with Gasteiger partial charge in [0.1, 0.15) is 6.10 Å². The fraction of sp³-hybridized carbons (Fsp3) is 0.500. The Labute approximate surface area is 76.8 Å². The molecular formula is C6H6ClF2NOS. The van der Waals surface area contributed by atoms with Crippen LogP contribution in [0.2, 0.25) is 0 Å². The van der Waals surface area contributed by atoms with E-state index in [9.17, 15) is 8.78 Å². The van der Waals surface area contributed by atoms with Gasteiger partial charge in [-0.05, 0) is 11.6 Å². The van der Waals surface area contributed by atoms with Gasteiger partial charge in [0.05, 0.1) is 5.51 Å². The average molecular weight is 214 g/mol. The maximum absolute atomic E-state index is 12.2. The van der Waals surface area contributed by atoms with Gasteiger partial charge in [-0.25, -0.2) is 0 Å². The minimum Gasteiger partial charge on any atom is -0.385 e. The van der Waals surface area contributed by atoms with E-state index in [1.807, 2.05) is 0 Å². The van der Waals surface area contributed by atoms with E-state index in [4.69, 9.17) is 5.11 Å². The van der Waals surface area contributed by atoms with E-state index >= 15 is 0 Å². The number of hydrogen-bond acceptors (Lipinski definition) is 3. The van der Waals surface area contributed by atoms with Crippen molar-refractivity contribution in [3.63, 3.8) is 0 Å². The van der Waals surface area contributed by atoms with Crippen LogP contribution in [0.5, 0.6) is 0 Å². The third kappa shape index (κ3) is 2.66. The number of aliphatic hydroxyl groups is 1. The van der Waals surface area contributed by atoms with E-state index in [1.54, 1.807) is 0 Å². The molecule has 0 aliphatic heterocycles. The van der Waals surface area contributed by atoms with Crippen LogP contribution in [-0.2, 0) is 6.42 Å². The Morgan fingerprint density at radius 3 is 2.83 bits per heavy atom. The largest absolute Gasteiger partial charge is 0.385 e. The van der Waals surface area contributed by atoms with Crippen LogP contribution in [0.15, 0.2) is 11.7 Å². The molecule has 0 spiro atoms. The molecule has 0 aliphatic carbocycles. The van der Waals surface area contributed by atoms with E-state index in [1.165, 1.54) is 23.0 Å². The van der Waals surface area contributed by atoms with Crippen LogP contribution < -0.4 is 0 Å². The summed E-state index contributed by atoms with van der Waals surface area (Å²) in [7, 11) is 0. The minimum absolute atomic E-state index is 0.166. The normalized spacial score (nSPS) is 14.7. The zero-order valence-electron chi connectivity index (χ0n) is 5.88. The molecule has 6 heteroatoms. The summed E-state index contributed by atoms with van der Waals surface area (Å²) in [5, 5.41) is 5.29. The van der Waals surface area contributed by atoms with Crippen molar-refractivity contribution in [2.75, 3.05) is 0 Å². The van der Waals surface area contributed by atoms with Crippen molar-refractivity contribution in [2.45, 2.75) is 17.9 Å². The molecule has 2 nitrogen and oxygen atoms in total. The second kappa shape index (κ2) is 3.64. The molecule has 0 aromatic carbocycles. The lowest BCUT2D eigenvalue weighted by molar-refractivity contribution is -0.0394. The van der Waals surface area contributed by atoms with E-state index in [0.29, 0.717) is 4.88 Å². The Hall–Kier alpha value is -0.260. The van der Waals surface area contributed by atoms with E-state index in [2.05, 4.69) is 16.6 Å². The zero-order chi connectivity index (χ0) is 9.19. The monoisotopic (exact) mass is 213 g/mol. The summed E-state index contributed by atoms with van der Waals surface area (Å²) >= 11 is 5.81. The standard InChI is InChI=1S/C6H6ClF2NOS/c7-6(8,9)5(11)1-4-2-10-3-12-4/h2-3,5,11H,1H2. The second-order valence-corrected chi connectivity index (χ2v) is 3.70. The van der Waals surface area contributed by atoms with Crippen LogP contribution in [0.25, 0.3) is 0 Å². The molecule has 0 saturated carbocycles. The predicted molar refractivity (Wildman–Crippen MR) is 42.6 cm³/mol.